The number of piperidine rings is 1. The van der Waals surface area contributed by atoms with Gasteiger partial charge in [0.15, 0.2) is 0 Å². The first kappa shape index (κ1) is 21.9. The molecule has 2 aliphatic rings. The first-order valence-corrected chi connectivity index (χ1v) is 10.5. The van der Waals surface area contributed by atoms with E-state index >= 15 is 0 Å². The van der Waals surface area contributed by atoms with E-state index in [0.717, 1.165) is 64.5 Å². The molecule has 1 aromatic rings. The van der Waals surface area contributed by atoms with Crippen LogP contribution in [0, 0.1) is 5.92 Å². The molecule has 2 aliphatic heterocycles. The van der Waals surface area contributed by atoms with Gasteiger partial charge in [0.25, 0.3) is 0 Å². The maximum atomic E-state index is 12.2. The van der Waals surface area contributed by atoms with E-state index < -0.39 is 12.7 Å². The van der Waals surface area contributed by atoms with Crippen molar-refractivity contribution in [1.82, 2.24) is 14.8 Å². The molecule has 3 heterocycles. The van der Waals surface area contributed by atoms with Crippen molar-refractivity contribution in [3.63, 3.8) is 0 Å². The minimum atomic E-state index is -1.47. The van der Waals surface area contributed by atoms with Gasteiger partial charge >= 0.3 is 13.2 Å². The Bertz CT molecular complexity index is 681. The van der Waals surface area contributed by atoms with Crippen molar-refractivity contribution in [3.05, 3.63) is 18.3 Å². The molecule has 1 amide bonds. The van der Waals surface area contributed by atoms with Gasteiger partial charge in [-0.25, -0.2) is 9.78 Å². The van der Waals surface area contributed by atoms with Crippen LogP contribution in [-0.4, -0.2) is 89.5 Å². The van der Waals surface area contributed by atoms with Crippen LogP contribution < -0.4 is 10.4 Å². The van der Waals surface area contributed by atoms with E-state index in [4.69, 9.17) is 4.74 Å². The number of rotatable bonds is 4. The molecule has 0 bridgehead atoms. The molecule has 29 heavy (non-hydrogen) atoms. The van der Waals surface area contributed by atoms with Crippen LogP contribution in [0.15, 0.2) is 18.3 Å². The SMILES string of the molecule is CC(C)(C)OC(=O)N1CCC(CN2CCN(c3cc(B(O)O)ccn3)CC2)CC1. The Morgan fingerprint density at radius 3 is 2.41 bits per heavy atom. The smallest absolute Gasteiger partial charge is 0.444 e. The van der Waals surface area contributed by atoms with Crippen LogP contribution in [0.1, 0.15) is 33.6 Å². The summed E-state index contributed by atoms with van der Waals surface area (Å²) in [4.78, 5) is 23.1. The zero-order chi connectivity index (χ0) is 21.0. The number of amides is 1. The predicted molar refractivity (Wildman–Crippen MR) is 113 cm³/mol. The zero-order valence-electron chi connectivity index (χ0n) is 17.8. The van der Waals surface area contributed by atoms with E-state index in [0.29, 0.717) is 11.4 Å². The molecule has 160 valence electrons. The highest BCUT2D eigenvalue weighted by atomic mass is 16.6. The zero-order valence-corrected chi connectivity index (χ0v) is 17.8. The van der Waals surface area contributed by atoms with E-state index in [9.17, 15) is 14.8 Å². The van der Waals surface area contributed by atoms with Crippen LogP contribution in [0.4, 0.5) is 10.6 Å². The van der Waals surface area contributed by atoms with Crippen LogP contribution >= 0.6 is 0 Å². The number of anilines is 1. The minimum Gasteiger partial charge on any atom is -0.444 e. The molecule has 2 saturated heterocycles. The van der Waals surface area contributed by atoms with Crippen molar-refractivity contribution in [2.75, 3.05) is 50.7 Å². The van der Waals surface area contributed by atoms with Gasteiger partial charge in [-0.05, 0) is 57.1 Å². The van der Waals surface area contributed by atoms with Crippen LogP contribution in [-0.2, 0) is 4.74 Å². The van der Waals surface area contributed by atoms with Gasteiger partial charge in [-0.3, -0.25) is 4.90 Å². The number of pyridine rings is 1. The molecular weight excluding hydrogens is 371 g/mol. The van der Waals surface area contributed by atoms with E-state index in [1.165, 1.54) is 0 Å². The predicted octanol–water partition coefficient (Wildman–Crippen LogP) is 0.531. The van der Waals surface area contributed by atoms with Gasteiger partial charge in [-0.15, -0.1) is 0 Å². The monoisotopic (exact) mass is 404 g/mol. The van der Waals surface area contributed by atoms with Gasteiger partial charge in [0.1, 0.15) is 11.4 Å². The molecule has 0 unspecified atom stereocenters. The first-order valence-electron chi connectivity index (χ1n) is 10.5. The summed E-state index contributed by atoms with van der Waals surface area (Å²) in [5.41, 5.74) is 0.0197. The number of likely N-dealkylation sites (tertiary alicyclic amines) is 1. The quantitative estimate of drug-likeness (QED) is 0.708. The third-order valence-electron chi connectivity index (χ3n) is 5.55. The second-order valence-corrected chi connectivity index (χ2v) is 9.02. The van der Waals surface area contributed by atoms with E-state index in [-0.39, 0.29) is 6.09 Å². The Hall–Kier alpha value is -1.84. The Kier molecular flexibility index (Phi) is 7.03. The van der Waals surface area contributed by atoms with E-state index in [1.54, 1.807) is 18.3 Å². The summed E-state index contributed by atoms with van der Waals surface area (Å²) in [6.45, 7) is 11.9. The number of hydrogen-bond acceptors (Lipinski definition) is 7. The molecule has 0 spiro atoms. The Labute approximate surface area is 173 Å². The number of piperazine rings is 1. The Morgan fingerprint density at radius 1 is 1.17 bits per heavy atom. The second-order valence-electron chi connectivity index (χ2n) is 9.02. The summed E-state index contributed by atoms with van der Waals surface area (Å²) in [6, 6.07) is 3.36. The van der Waals surface area contributed by atoms with Crippen LogP contribution in [0.5, 0.6) is 0 Å². The van der Waals surface area contributed by atoms with E-state index in [2.05, 4.69) is 14.8 Å². The van der Waals surface area contributed by atoms with Crippen molar-refractivity contribution in [2.45, 2.75) is 39.2 Å². The van der Waals surface area contributed by atoms with Gasteiger partial charge in [0, 0.05) is 52.0 Å². The van der Waals surface area contributed by atoms with Crippen LogP contribution in [0.3, 0.4) is 0 Å². The number of aromatic nitrogens is 1. The number of carbonyl (C=O) groups excluding carboxylic acids is 1. The van der Waals surface area contributed by atoms with Gasteiger partial charge < -0.3 is 24.6 Å². The van der Waals surface area contributed by atoms with Crippen molar-refractivity contribution in [2.24, 2.45) is 5.92 Å². The average molecular weight is 404 g/mol. The fourth-order valence-electron chi connectivity index (χ4n) is 3.92. The van der Waals surface area contributed by atoms with Gasteiger partial charge in [0.05, 0.1) is 0 Å². The molecule has 2 fully saturated rings. The summed E-state index contributed by atoms with van der Waals surface area (Å²) in [5.74, 6) is 1.40. The highest BCUT2D eigenvalue weighted by Gasteiger charge is 2.28. The Morgan fingerprint density at radius 2 is 1.83 bits per heavy atom. The topological polar surface area (TPSA) is 89.4 Å². The number of carbonyl (C=O) groups is 1. The van der Waals surface area contributed by atoms with Crippen molar-refractivity contribution >= 4 is 24.5 Å². The lowest BCUT2D eigenvalue weighted by molar-refractivity contribution is 0.0169. The van der Waals surface area contributed by atoms with Crippen LogP contribution in [0.2, 0.25) is 0 Å². The Balaban J connectivity index is 1.42. The molecule has 2 N–H and O–H groups in total. The highest BCUT2D eigenvalue weighted by Crippen LogP contribution is 2.22. The number of ether oxygens (including phenoxy) is 1. The molecule has 0 radical (unpaired) electrons. The summed E-state index contributed by atoms with van der Waals surface area (Å²) in [6.07, 6.45) is 3.44. The van der Waals surface area contributed by atoms with Gasteiger partial charge in [-0.2, -0.15) is 0 Å². The summed E-state index contributed by atoms with van der Waals surface area (Å²) in [7, 11) is -1.47. The molecule has 0 aliphatic carbocycles. The number of nitrogens with zero attached hydrogens (tertiary/aromatic N) is 4. The lowest BCUT2D eigenvalue weighted by Crippen LogP contribution is -2.50. The molecule has 3 rings (SSSR count). The third-order valence-corrected chi connectivity index (χ3v) is 5.55. The maximum absolute atomic E-state index is 12.2. The summed E-state index contributed by atoms with van der Waals surface area (Å²) < 4.78 is 5.47. The van der Waals surface area contributed by atoms with E-state index in [1.807, 2.05) is 25.7 Å². The fraction of sp³-hybridized carbons (Fsp3) is 0.700. The molecule has 9 heteroatoms. The lowest BCUT2D eigenvalue weighted by atomic mass is 9.81. The molecule has 0 aromatic carbocycles. The normalized spacial score (nSPS) is 19.3. The second kappa shape index (κ2) is 9.32. The summed E-state index contributed by atoms with van der Waals surface area (Å²) >= 11 is 0. The molecule has 1 aromatic heterocycles. The fourth-order valence-corrected chi connectivity index (χ4v) is 3.92. The highest BCUT2D eigenvalue weighted by molar-refractivity contribution is 6.58. The number of hydrogen-bond donors (Lipinski definition) is 2. The molecule has 8 nitrogen and oxygen atoms in total. The van der Waals surface area contributed by atoms with Crippen LogP contribution in [0.25, 0.3) is 0 Å². The summed E-state index contributed by atoms with van der Waals surface area (Å²) in [5, 5.41) is 18.7. The third kappa shape index (κ3) is 6.32. The molecular formula is C20H33BN4O4. The molecule has 0 saturated carbocycles. The van der Waals surface area contributed by atoms with Crippen molar-refractivity contribution < 1.29 is 19.6 Å². The minimum absolute atomic E-state index is 0.202. The maximum Gasteiger partial charge on any atom is 0.488 e. The molecule has 0 atom stereocenters. The standard InChI is InChI=1S/C20H33BN4O4/c1-20(2,3)29-19(26)25-8-5-16(6-9-25)15-23-10-12-24(13-11-23)18-14-17(21(27)28)4-7-22-18/h4,7,14,16,27-28H,5-6,8-13,15H2,1-3H3. The van der Waals surface area contributed by atoms with Crippen molar-refractivity contribution in [1.29, 1.82) is 0 Å². The first-order chi connectivity index (χ1) is 13.7. The van der Waals surface area contributed by atoms with Crippen molar-refractivity contribution in [3.8, 4) is 0 Å². The largest absolute Gasteiger partial charge is 0.488 e. The van der Waals surface area contributed by atoms with Gasteiger partial charge in [-0.1, -0.05) is 0 Å². The van der Waals surface area contributed by atoms with Gasteiger partial charge in [0.2, 0.25) is 0 Å². The average Bonchev–Trinajstić information content (AvgIpc) is 2.68. The lowest BCUT2D eigenvalue weighted by Gasteiger charge is -2.39.